The summed E-state index contributed by atoms with van der Waals surface area (Å²) in [7, 11) is 1.73. The van der Waals surface area contributed by atoms with Gasteiger partial charge in [0, 0.05) is 12.6 Å². The summed E-state index contributed by atoms with van der Waals surface area (Å²) in [5.74, 6) is -0.336. The molecular weight excluding hydrogens is 262 g/mol. The van der Waals surface area contributed by atoms with Crippen molar-refractivity contribution in [2.24, 2.45) is 0 Å². The van der Waals surface area contributed by atoms with Gasteiger partial charge in [-0.15, -0.1) is 0 Å². The summed E-state index contributed by atoms with van der Waals surface area (Å²) in [5, 5.41) is 10.9. The van der Waals surface area contributed by atoms with Gasteiger partial charge in [-0.25, -0.2) is 0 Å². The molecule has 0 amide bonds. The molecule has 20 heavy (non-hydrogen) atoms. The van der Waals surface area contributed by atoms with Gasteiger partial charge in [0.1, 0.15) is 5.69 Å². The van der Waals surface area contributed by atoms with Crippen molar-refractivity contribution in [3.05, 3.63) is 33.4 Å². The zero-order valence-corrected chi connectivity index (χ0v) is 11.9. The average molecular weight is 281 g/mol. The van der Waals surface area contributed by atoms with Crippen LogP contribution in [0.5, 0.6) is 0 Å². The van der Waals surface area contributed by atoms with Crippen LogP contribution < -0.4 is 5.73 Å². The standard InChI is InChI=1S/C13H19N3O4/c1-4-20-12(17)8-15(3)7-10-9(2)5-6-11(13(10)14)16(18)19/h5-6H,4,7-8,14H2,1-3H3. The van der Waals surface area contributed by atoms with Gasteiger partial charge in [-0.3, -0.25) is 19.8 Å². The molecule has 0 aliphatic heterocycles. The Hall–Kier alpha value is -2.15. The highest BCUT2D eigenvalue weighted by Gasteiger charge is 2.18. The van der Waals surface area contributed by atoms with Crippen molar-refractivity contribution in [2.45, 2.75) is 20.4 Å². The second-order valence-electron chi connectivity index (χ2n) is 4.53. The number of likely N-dealkylation sites (N-methyl/N-ethyl adjacent to an activating group) is 1. The van der Waals surface area contributed by atoms with E-state index in [-0.39, 0.29) is 23.9 Å². The van der Waals surface area contributed by atoms with E-state index in [2.05, 4.69) is 0 Å². The molecule has 0 heterocycles. The Kier molecular flexibility index (Phi) is 5.45. The minimum Gasteiger partial charge on any atom is -0.465 e. The lowest BCUT2D eigenvalue weighted by Crippen LogP contribution is -2.27. The summed E-state index contributed by atoms with van der Waals surface area (Å²) < 4.78 is 4.85. The molecule has 0 spiro atoms. The van der Waals surface area contributed by atoms with Gasteiger partial charge in [-0.1, -0.05) is 6.07 Å². The Bertz CT molecular complexity index is 517. The molecule has 0 unspecified atom stereocenters. The number of nitro benzene ring substituents is 1. The molecule has 0 radical (unpaired) electrons. The van der Waals surface area contributed by atoms with Crippen LogP contribution in [0.15, 0.2) is 12.1 Å². The molecule has 0 fully saturated rings. The molecule has 0 aliphatic rings. The maximum absolute atomic E-state index is 11.4. The minimum absolute atomic E-state index is 0.107. The maximum Gasteiger partial charge on any atom is 0.320 e. The van der Waals surface area contributed by atoms with Crippen molar-refractivity contribution < 1.29 is 14.5 Å². The summed E-state index contributed by atoms with van der Waals surface area (Å²) in [6.07, 6.45) is 0. The van der Waals surface area contributed by atoms with E-state index in [0.717, 1.165) is 5.56 Å². The van der Waals surface area contributed by atoms with E-state index in [0.29, 0.717) is 18.7 Å². The number of aryl methyl sites for hydroxylation is 1. The summed E-state index contributed by atoms with van der Waals surface area (Å²) >= 11 is 0. The summed E-state index contributed by atoms with van der Waals surface area (Å²) in [4.78, 5) is 23.5. The Labute approximate surface area is 117 Å². The Morgan fingerprint density at radius 3 is 2.70 bits per heavy atom. The van der Waals surface area contributed by atoms with Crippen LogP contribution >= 0.6 is 0 Å². The molecule has 0 atom stereocenters. The summed E-state index contributed by atoms with van der Waals surface area (Å²) in [5.41, 5.74) is 7.38. The molecule has 0 saturated heterocycles. The number of hydrogen-bond acceptors (Lipinski definition) is 6. The number of ether oxygens (including phenoxy) is 1. The molecule has 0 aromatic heterocycles. The van der Waals surface area contributed by atoms with E-state index in [9.17, 15) is 14.9 Å². The Balaban J connectivity index is 2.89. The number of benzene rings is 1. The number of nitrogen functional groups attached to an aromatic ring is 1. The van der Waals surface area contributed by atoms with Crippen molar-refractivity contribution in [3.8, 4) is 0 Å². The molecule has 2 N–H and O–H groups in total. The zero-order valence-electron chi connectivity index (χ0n) is 11.9. The molecular formula is C13H19N3O4. The van der Waals surface area contributed by atoms with E-state index in [1.54, 1.807) is 24.9 Å². The second kappa shape index (κ2) is 6.85. The number of hydrogen-bond donors (Lipinski definition) is 1. The molecule has 0 bridgehead atoms. The Morgan fingerprint density at radius 1 is 1.50 bits per heavy atom. The highest BCUT2D eigenvalue weighted by molar-refractivity contribution is 5.71. The topological polar surface area (TPSA) is 98.7 Å². The van der Waals surface area contributed by atoms with Crippen LogP contribution in [0.1, 0.15) is 18.1 Å². The first-order chi connectivity index (χ1) is 9.36. The third-order valence-electron chi connectivity index (χ3n) is 2.90. The van der Waals surface area contributed by atoms with Crippen LogP contribution in [0.3, 0.4) is 0 Å². The molecule has 7 heteroatoms. The fourth-order valence-electron chi connectivity index (χ4n) is 1.88. The lowest BCUT2D eigenvalue weighted by atomic mass is 10.0. The van der Waals surface area contributed by atoms with Crippen LogP contribution in [0.25, 0.3) is 0 Å². The first kappa shape index (κ1) is 15.9. The first-order valence-electron chi connectivity index (χ1n) is 6.23. The van der Waals surface area contributed by atoms with Gasteiger partial charge in [0.2, 0.25) is 0 Å². The number of nitro groups is 1. The monoisotopic (exact) mass is 281 g/mol. The lowest BCUT2D eigenvalue weighted by Gasteiger charge is -2.18. The molecule has 0 aliphatic carbocycles. The van der Waals surface area contributed by atoms with E-state index in [4.69, 9.17) is 10.5 Å². The quantitative estimate of drug-likeness (QED) is 0.367. The predicted octanol–water partition coefficient (Wildman–Crippen LogP) is 1.48. The Morgan fingerprint density at radius 2 is 2.15 bits per heavy atom. The number of esters is 1. The van der Waals surface area contributed by atoms with E-state index in [1.165, 1.54) is 6.07 Å². The highest BCUT2D eigenvalue weighted by Crippen LogP contribution is 2.28. The van der Waals surface area contributed by atoms with Crippen LogP contribution in [0, 0.1) is 17.0 Å². The molecule has 1 rings (SSSR count). The van der Waals surface area contributed by atoms with Crippen LogP contribution in [0.2, 0.25) is 0 Å². The fraction of sp³-hybridized carbons (Fsp3) is 0.462. The summed E-state index contributed by atoms with van der Waals surface area (Å²) in [6.45, 7) is 4.34. The number of carbonyl (C=O) groups excluding carboxylic acids is 1. The molecule has 1 aromatic rings. The highest BCUT2D eigenvalue weighted by atomic mass is 16.6. The van der Waals surface area contributed by atoms with Crippen LogP contribution in [-0.4, -0.2) is 36.0 Å². The minimum atomic E-state index is -0.510. The zero-order chi connectivity index (χ0) is 15.3. The van der Waals surface area contributed by atoms with Crippen molar-refractivity contribution in [1.29, 1.82) is 0 Å². The third kappa shape index (κ3) is 3.92. The van der Waals surface area contributed by atoms with Gasteiger partial charge in [-0.05, 0) is 32.0 Å². The number of carbonyl (C=O) groups is 1. The van der Waals surface area contributed by atoms with E-state index < -0.39 is 4.92 Å². The van der Waals surface area contributed by atoms with Gasteiger partial charge >= 0.3 is 5.97 Å². The van der Waals surface area contributed by atoms with Crippen molar-refractivity contribution >= 4 is 17.3 Å². The van der Waals surface area contributed by atoms with Crippen molar-refractivity contribution in [2.75, 3.05) is 25.9 Å². The predicted molar refractivity (Wildman–Crippen MR) is 75.2 cm³/mol. The fourth-order valence-corrected chi connectivity index (χ4v) is 1.88. The maximum atomic E-state index is 11.4. The van der Waals surface area contributed by atoms with Crippen molar-refractivity contribution in [3.63, 3.8) is 0 Å². The number of nitrogens with two attached hydrogens (primary N) is 1. The molecule has 1 aromatic carbocycles. The van der Waals surface area contributed by atoms with Gasteiger partial charge in [-0.2, -0.15) is 0 Å². The molecule has 110 valence electrons. The normalized spacial score (nSPS) is 10.6. The molecule has 7 nitrogen and oxygen atoms in total. The van der Waals surface area contributed by atoms with Gasteiger partial charge in [0.25, 0.3) is 5.69 Å². The van der Waals surface area contributed by atoms with Crippen LogP contribution in [-0.2, 0) is 16.1 Å². The van der Waals surface area contributed by atoms with E-state index in [1.807, 2.05) is 6.92 Å². The van der Waals surface area contributed by atoms with E-state index >= 15 is 0 Å². The first-order valence-corrected chi connectivity index (χ1v) is 6.23. The largest absolute Gasteiger partial charge is 0.465 e. The smallest absolute Gasteiger partial charge is 0.320 e. The van der Waals surface area contributed by atoms with Gasteiger partial charge < -0.3 is 10.5 Å². The lowest BCUT2D eigenvalue weighted by molar-refractivity contribution is -0.384. The number of rotatable bonds is 6. The summed E-state index contributed by atoms with van der Waals surface area (Å²) in [6, 6.07) is 3.04. The molecule has 0 saturated carbocycles. The van der Waals surface area contributed by atoms with Gasteiger partial charge in [0.05, 0.1) is 18.1 Å². The SMILES string of the molecule is CCOC(=O)CN(C)Cc1c(C)ccc([N+](=O)[O-])c1N. The number of anilines is 1. The van der Waals surface area contributed by atoms with Crippen LogP contribution in [0.4, 0.5) is 11.4 Å². The number of nitrogens with zero attached hydrogens (tertiary/aromatic N) is 2. The van der Waals surface area contributed by atoms with Crippen molar-refractivity contribution in [1.82, 2.24) is 4.90 Å². The second-order valence-corrected chi connectivity index (χ2v) is 4.53. The third-order valence-corrected chi connectivity index (χ3v) is 2.90. The van der Waals surface area contributed by atoms with Gasteiger partial charge in [0.15, 0.2) is 0 Å². The average Bonchev–Trinajstić information content (AvgIpc) is 2.34.